The molecule has 38 heavy (non-hydrogen) atoms. The molecule has 2 aromatic carbocycles. The van der Waals surface area contributed by atoms with E-state index in [1.165, 1.54) is 23.3 Å². The van der Waals surface area contributed by atoms with Crippen LogP contribution in [0.25, 0.3) is 16.9 Å². The Morgan fingerprint density at radius 3 is 2.61 bits per heavy atom. The first kappa shape index (κ1) is 25.2. The highest BCUT2D eigenvalue weighted by Crippen LogP contribution is 2.26. The zero-order chi connectivity index (χ0) is 26.5. The molecule has 9 nitrogen and oxygen atoms in total. The number of ether oxygens (including phenoxy) is 2. The van der Waals surface area contributed by atoms with E-state index in [9.17, 15) is 14.0 Å². The molecule has 2 aromatic heterocycles. The molecule has 0 aliphatic carbocycles. The van der Waals surface area contributed by atoms with Gasteiger partial charge in [0.1, 0.15) is 18.1 Å². The summed E-state index contributed by atoms with van der Waals surface area (Å²) in [4.78, 5) is 32.4. The van der Waals surface area contributed by atoms with Gasteiger partial charge in [-0.05, 0) is 73.5 Å². The number of hydrogen-bond donors (Lipinski definition) is 1. The number of nitrogens with zero attached hydrogens (tertiary/aromatic N) is 3. The van der Waals surface area contributed by atoms with Crippen molar-refractivity contribution in [1.82, 2.24) is 14.5 Å². The minimum atomic E-state index is -0.446. The van der Waals surface area contributed by atoms with E-state index in [1.807, 2.05) is 24.3 Å². The summed E-state index contributed by atoms with van der Waals surface area (Å²) in [6.07, 6.45) is 4.73. The van der Waals surface area contributed by atoms with Gasteiger partial charge >= 0.3 is 0 Å². The molecule has 5 rings (SSSR count). The van der Waals surface area contributed by atoms with Crippen LogP contribution in [-0.4, -0.2) is 59.2 Å². The van der Waals surface area contributed by atoms with Crippen LogP contribution in [0, 0.1) is 5.82 Å². The van der Waals surface area contributed by atoms with E-state index in [4.69, 9.17) is 13.9 Å². The molecule has 10 heteroatoms. The highest BCUT2D eigenvalue weighted by molar-refractivity contribution is 5.97. The Morgan fingerprint density at radius 2 is 1.95 bits per heavy atom. The lowest BCUT2D eigenvalue weighted by Gasteiger charge is -2.24. The molecule has 0 spiro atoms. The van der Waals surface area contributed by atoms with Gasteiger partial charge in [0.2, 0.25) is 11.9 Å². The van der Waals surface area contributed by atoms with Crippen molar-refractivity contribution in [3.63, 3.8) is 0 Å². The van der Waals surface area contributed by atoms with E-state index in [0.29, 0.717) is 23.7 Å². The van der Waals surface area contributed by atoms with Crippen molar-refractivity contribution in [3.8, 4) is 22.7 Å². The molecule has 1 atom stereocenters. The van der Waals surface area contributed by atoms with Gasteiger partial charge in [-0.3, -0.25) is 19.5 Å². The molecule has 0 unspecified atom stereocenters. The van der Waals surface area contributed by atoms with Gasteiger partial charge in [0, 0.05) is 30.6 Å². The molecule has 1 aliphatic heterocycles. The van der Waals surface area contributed by atoms with Gasteiger partial charge in [0.15, 0.2) is 5.76 Å². The molecule has 196 valence electrons. The summed E-state index contributed by atoms with van der Waals surface area (Å²) in [5, 5.41) is 2.82. The van der Waals surface area contributed by atoms with Crippen molar-refractivity contribution in [2.45, 2.75) is 18.9 Å². The second-order valence-corrected chi connectivity index (χ2v) is 8.87. The Morgan fingerprint density at radius 1 is 1.16 bits per heavy atom. The molecule has 1 saturated heterocycles. The second kappa shape index (κ2) is 11.3. The number of benzene rings is 2. The number of methoxy groups -OCH3 is 1. The zero-order valence-corrected chi connectivity index (χ0v) is 20.8. The highest BCUT2D eigenvalue weighted by atomic mass is 19.1. The van der Waals surface area contributed by atoms with E-state index in [-0.39, 0.29) is 36.7 Å². The van der Waals surface area contributed by atoms with Crippen LogP contribution >= 0.6 is 0 Å². The van der Waals surface area contributed by atoms with Crippen LogP contribution in [0.3, 0.4) is 0 Å². The minimum absolute atomic E-state index is 0.144. The SMILES string of the molecule is COc1ccc(-c2cn(-c3ccc(F)cc3)c(NC(=O)CN(C[C@H]3CCCO3)C(=O)c3ccco3)n2)cc1. The maximum atomic E-state index is 13.6. The molecule has 0 bridgehead atoms. The molecule has 0 saturated carbocycles. The average molecular weight is 519 g/mol. The second-order valence-electron chi connectivity index (χ2n) is 8.87. The van der Waals surface area contributed by atoms with Gasteiger partial charge in [-0.1, -0.05) is 0 Å². The largest absolute Gasteiger partial charge is 0.497 e. The van der Waals surface area contributed by atoms with Crippen LogP contribution in [0.4, 0.5) is 10.3 Å². The molecular weight excluding hydrogens is 491 g/mol. The third-order valence-corrected chi connectivity index (χ3v) is 6.25. The molecular formula is C28H27FN4O5. The van der Waals surface area contributed by atoms with Crippen LogP contribution in [0.5, 0.6) is 5.75 Å². The van der Waals surface area contributed by atoms with E-state index >= 15 is 0 Å². The standard InChI is InChI=1S/C28H27FN4O5/c1-36-22-12-6-19(7-13-22)24-17-33(21-10-8-20(29)9-11-21)28(30-24)31-26(34)18-32(16-23-4-2-14-37-23)27(35)25-5-3-15-38-25/h3,5-13,15,17,23H,2,4,14,16,18H2,1H3,(H,30,31,34)/t23-/m1/s1. The maximum absolute atomic E-state index is 13.6. The lowest BCUT2D eigenvalue weighted by molar-refractivity contribution is -0.117. The number of furan rings is 1. The fourth-order valence-corrected chi connectivity index (χ4v) is 4.31. The summed E-state index contributed by atoms with van der Waals surface area (Å²) in [5.41, 5.74) is 2.00. The van der Waals surface area contributed by atoms with Crippen molar-refractivity contribution in [1.29, 1.82) is 0 Å². The summed E-state index contributed by atoms with van der Waals surface area (Å²) >= 11 is 0. The van der Waals surface area contributed by atoms with Gasteiger partial charge in [0.25, 0.3) is 5.91 Å². The topological polar surface area (TPSA) is 98.8 Å². The zero-order valence-electron chi connectivity index (χ0n) is 20.8. The Bertz CT molecular complexity index is 1380. The number of anilines is 1. The van der Waals surface area contributed by atoms with Crippen molar-refractivity contribution in [2.24, 2.45) is 0 Å². The van der Waals surface area contributed by atoms with Gasteiger partial charge in [-0.25, -0.2) is 9.37 Å². The summed E-state index contributed by atoms with van der Waals surface area (Å²) in [7, 11) is 1.59. The van der Waals surface area contributed by atoms with E-state index in [2.05, 4.69) is 10.3 Å². The number of aromatic nitrogens is 2. The van der Waals surface area contributed by atoms with E-state index < -0.39 is 11.8 Å². The lowest BCUT2D eigenvalue weighted by Crippen LogP contribution is -2.42. The van der Waals surface area contributed by atoms with Gasteiger partial charge in [-0.15, -0.1) is 0 Å². The van der Waals surface area contributed by atoms with Gasteiger partial charge < -0.3 is 18.8 Å². The maximum Gasteiger partial charge on any atom is 0.290 e. The monoisotopic (exact) mass is 518 g/mol. The smallest absolute Gasteiger partial charge is 0.290 e. The Kier molecular flexibility index (Phi) is 7.50. The molecule has 1 fully saturated rings. The van der Waals surface area contributed by atoms with Crippen LogP contribution in [0.2, 0.25) is 0 Å². The Hall–Kier alpha value is -4.44. The first-order valence-electron chi connectivity index (χ1n) is 12.2. The predicted molar refractivity (Wildman–Crippen MR) is 138 cm³/mol. The van der Waals surface area contributed by atoms with Crippen LogP contribution in [-0.2, 0) is 9.53 Å². The molecule has 4 aromatic rings. The fraction of sp³-hybridized carbons (Fsp3) is 0.250. The normalized spacial score (nSPS) is 14.8. The number of rotatable bonds is 9. The van der Waals surface area contributed by atoms with Crippen LogP contribution < -0.4 is 10.1 Å². The third kappa shape index (κ3) is 5.76. The molecule has 3 heterocycles. The number of nitrogens with one attached hydrogen (secondary N) is 1. The van der Waals surface area contributed by atoms with Gasteiger partial charge in [0.05, 0.1) is 25.2 Å². The summed E-state index contributed by atoms with van der Waals surface area (Å²) < 4.78 is 31.5. The van der Waals surface area contributed by atoms with Crippen LogP contribution in [0.15, 0.2) is 77.5 Å². The predicted octanol–water partition coefficient (Wildman–Crippen LogP) is 4.54. The van der Waals surface area contributed by atoms with E-state index in [1.54, 1.807) is 42.1 Å². The highest BCUT2D eigenvalue weighted by Gasteiger charge is 2.27. The third-order valence-electron chi connectivity index (χ3n) is 6.25. The number of amides is 2. The summed E-state index contributed by atoms with van der Waals surface area (Å²) in [6.45, 7) is 0.660. The average Bonchev–Trinajstić information content (AvgIpc) is 3.71. The first-order chi connectivity index (χ1) is 18.5. The van der Waals surface area contributed by atoms with Gasteiger partial charge in [-0.2, -0.15) is 0 Å². The van der Waals surface area contributed by atoms with Crippen molar-refractivity contribution >= 4 is 17.8 Å². The molecule has 1 aliphatic rings. The fourth-order valence-electron chi connectivity index (χ4n) is 4.31. The quantitative estimate of drug-likeness (QED) is 0.349. The summed E-state index contributed by atoms with van der Waals surface area (Å²) in [5.74, 6) is -0.149. The molecule has 1 N–H and O–H groups in total. The Labute approximate surface area is 218 Å². The van der Waals surface area contributed by atoms with Crippen LogP contribution in [0.1, 0.15) is 23.4 Å². The number of carbonyl (C=O) groups excluding carboxylic acids is 2. The van der Waals surface area contributed by atoms with E-state index in [0.717, 1.165) is 18.4 Å². The summed E-state index contributed by atoms with van der Waals surface area (Å²) in [6, 6.07) is 16.4. The van der Waals surface area contributed by atoms with Crippen molar-refractivity contribution < 1.29 is 27.9 Å². The number of halogens is 1. The van der Waals surface area contributed by atoms with Crippen molar-refractivity contribution in [3.05, 3.63) is 84.7 Å². The number of carbonyl (C=O) groups is 2. The molecule has 2 amide bonds. The number of hydrogen-bond acceptors (Lipinski definition) is 6. The first-order valence-corrected chi connectivity index (χ1v) is 12.2. The number of imidazole rings is 1. The Balaban J connectivity index is 1.40. The molecule has 0 radical (unpaired) electrons. The minimum Gasteiger partial charge on any atom is -0.497 e. The van der Waals surface area contributed by atoms with Crippen molar-refractivity contribution in [2.75, 3.05) is 32.1 Å². The lowest BCUT2D eigenvalue weighted by atomic mass is 10.1.